The minimum Gasteiger partial charge on any atom is -0.355 e. The number of aromatic nitrogens is 2. The van der Waals surface area contributed by atoms with E-state index in [0.29, 0.717) is 13.0 Å². The molecule has 2 aromatic heterocycles. The van der Waals surface area contributed by atoms with Crippen LogP contribution >= 0.6 is 11.3 Å². The van der Waals surface area contributed by atoms with Gasteiger partial charge in [-0.2, -0.15) is 0 Å². The fraction of sp³-hybridized carbons (Fsp3) is 0.500. The van der Waals surface area contributed by atoms with Crippen LogP contribution in [-0.2, 0) is 16.0 Å². The van der Waals surface area contributed by atoms with Crippen LogP contribution < -0.4 is 5.32 Å². The Labute approximate surface area is 126 Å². The zero-order valence-corrected chi connectivity index (χ0v) is 12.6. The Hall–Kier alpha value is -1.89. The molecular weight excluding hydrogens is 288 g/mol. The first-order valence-corrected chi connectivity index (χ1v) is 8.06. The SMILES string of the molecule is O=C(Cc1cn2ccsc2n1)NCCC(=O)N1CCCC1. The van der Waals surface area contributed by atoms with Crippen LogP contribution in [0.15, 0.2) is 17.8 Å². The number of imidazole rings is 1. The molecule has 2 amide bonds. The lowest BCUT2D eigenvalue weighted by molar-refractivity contribution is -0.130. The normalized spacial score (nSPS) is 14.8. The van der Waals surface area contributed by atoms with Gasteiger partial charge in [-0.25, -0.2) is 4.98 Å². The van der Waals surface area contributed by atoms with Crippen LogP contribution in [0, 0.1) is 0 Å². The van der Waals surface area contributed by atoms with Crippen molar-refractivity contribution in [2.45, 2.75) is 25.7 Å². The maximum atomic E-state index is 11.8. The van der Waals surface area contributed by atoms with E-state index in [0.717, 1.165) is 36.6 Å². The number of carbonyl (C=O) groups is 2. The van der Waals surface area contributed by atoms with Gasteiger partial charge >= 0.3 is 0 Å². The van der Waals surface area contributed by atoms with E-state index in [4.69, 9.17) is 0 Å². The number of nitrogens with zero attached hydrogens (tertiary/aromatic N) is 3. The van der Waals surface area contributed by atoms with Crippen LogP contribution in [0.5, 0.6) is 0 Å². The van der Waals surface area contributed by atoms with Crippen molar-refractivity contribution in [2.75, 3.05) is 19.6 Å². The number of fused-ring (bicyclic) bond motifs is 1. The lowest BCUT2D eigenvalue weighted by Gasteiger charge is -2.15. The maximum Gasteiger partial charge on any atom is 0.226 e. The summed E-state index contributed by atoms with van der Waals surface area (Å²) in [5.74, 6) is 0.0466. The molecule has 0 radical (unpaired) electrons. The van der Waals surface area contributed by atoms with E-state index in [1.54, 1.807) is 11.3 Å². The first-order chi connectivity index (χ1) is 10.2. The third-order valence-corrected chi connectivity index (χ3v) is 4.38. The smallest absolute Gasteiger partial charge is 0.226 e. The lowest BCUT2D eigenvalue weighted by Crippen LogP contribution is -2.33. The van der Waals surface area contributed by atoms with Gasteiger partial charge in [0.1, 0.15) is 0 Å². The van der Waals surface area contributed by atoms with E-state index in [-0.39, 0.29) is 18.2 Å². The summed E-state index contributed by atoms with van der Waals surface area (Å²) in [5, 5.41) is 4.74. The van der Waals surface area contributed by atoms with Gasteiger partial charge in [0.05, 0.1) is 12.1 Å². The summed E-state index contributed by atoms with van der Waals surface area (Å²) >= 11 is 1.54. The molecule has 0 atom stereocenters. The molecule has 1 aliphatic rings. The highest BCUT2D eigenvalue weighted by Gasteiger charge is 2.17. The number of nitrogens with one attached hydrogen (secondary N) is 1. The van der Waals surface area contributed by atoms with Crippen molar-refractivity contribution in [3.63, 3.8) is 0 Å². The zero-order valence-electron chi connectivity index (χ0n) is 11.7. The average Bonchev–Trinajstić information content (AvgIpc) is 3.14. The summed E-state index contributed by atoms with van der Waals surface area (Å²) in [6.45, 7) is 2.12. The molecular formula is C14H18N4O2S. The molecule has 0 saturated carbocycles. The molecule has 1 fully saturated rings. The highest BCUT2D eigenvalue weighted by Crippen LogP contribution is 2.11. The van der Waals surface area contributed by atoms with Gasteiger partial charge < -0.3 is 10.2 Å². The molecule has 3 heterocycles. The van der Waals surface area contributed by atoms with E-state index < -0.39 is 0 Å². The predicted molar refractivity (Wildman–Crippen MR) is 80.2 cm³/mol. The third kappa shape index (κ3) is 3.41. The second-order valence-electron chi connectivity index (χ2n) is 5.19. The van der Waals surface area contributed by atoms with Crippen molar-refractivity contribution in [2.24, 2.45) is 0 Å². The van der Waals surface area contributed by atoms with Gasteiger partial charge in [0.25, 0.3) is 0 Å². The Morgan fingerprint density at radius 3 is 2.90 bits per heavy atom. The monoisotopic (exact) mass is 306 g/mol. The van der Waals surface area contributed by atoms with E-state index in [1.165, 1.54) is 0 Å². The third-order valence-electron chi connectivity index (χ3n) is 3.60. The van der Waals surface area contributed by atoms with Crippen molar-refractivity contribution in [1.29, 1.82) is 0 Å². The molecule has 0 aromatic carbocycles. The molecule has 1 aliphatic heterocycles. The molecule has 1 N–H and O–H groups in total. The number of carbonyl (C=O) groups excluding carboxylic acids is 2. The average molecular weight is 306 g/mol. The van der Waals surface area contributed by atoms with Crippen LogP contribution in [0.4, 0.5) is 0 Å². The lowest BCUT2D eigenvalue weighted by atomic mass is 10.3. The number of hydrogen-bond acceptors (Lipinski definition) is 4. The van der Waals surface area contributed by atoms with Gasteiger partial charge in [-0.3, -0.25) is 14.0 Å². The number of likely N-dealkylation sites (tertiary alicyclic amines) is 1. The minimum absolute atomic E-state index is 0.0880. The minimum atomic E-state index is -0.0880. The van der Waals surface area contributed by atoms with E-state index >= 15 is 0 Å². The zero-order chi connectivity index (χ0) is 14.7. The number of amides is 2. The fourth-order valence-electron chi connectivity index (χ4n) is 2.52. The molecule has 0 bridgehead atoms. The van der Waals surface area contributed by atoms with Gasteiger partial charge in [-0.05, 0) is 12.8 Å². The van der Waals surface area contributed by atoms with Crippen molar-refractivity contribution < 1.29 is 9.59 Å². The Bertz CT molecular complexity index is 614. The van der Waals surface area contributed by atoms with Crippen LogP contribution in [0.1, 0.15) is 25.0 Å². The molecule has 112 valence electrons. The van der Waals surface area contributed by atoms with E-state index in [2.05, 4.69) is 10.3 Å². The maximum absolute atomic E-state index is 11.8. The number of thiazole rings is 1. The van der Waals surface area contributed by atoms with Gasteiger partial charge in [0.15, 0.2) is 4.96 Å². The van der Waals surface area contributed by atoms with Crippen molar-refractivity contribution in [3.05, 3.63) is 23.5 Å². The Morgan fingerprint density at radius 2 is 2.14 bits per heavy atom. The van der Waals surface area contributed by atoms with Gasteiger partial charge in [-0.15, -0.1) is 11.3 Å². The second kappa shape index (κ2) is 6.26. The van der Waals surface area contributed by atoms with Gasteiger partial charge in [-0.1, -0.05) is 0 Å². The Kier molecular flexibility index (Phi) is 4.19. The highest BCUT2D eigenvalue weighted by atomic mass is 32.1. The van der Waals surface area contributed by atoms with Crippen molar-refractivity contribution in [3.8, 4) is 0 Å². The molecule has 6 nitrogen and oxygen atoms in total. The summed E-state index contributed by atoms with van der Waals surface area (Å²) in [6, 6.07) is 0. The summed E-state index contributed by atoms with van der Waals surface area (Å²) in [5.41, 5.74) is 0.755. The molecule has 7 heteroatoms. The molecule has 1 saturated heterocycles. The van der Waals surface area contributed by atoms with E-state index in [1.807, 2.05) is 27.1 Å². The number of hydrogen-bond donors (Lipinski definition) is 1. The molecule has 2 aromatic rings. The first kappa shape index (κ1) is 14.1. The van der Waals surface area contributed by atoms with Crippen LogP contribution in [0.3, 0.4) is 0 Å². The molecule has 0 aliphatic carbocycles. The number of rotatable bonds is 5. The van der Waals surface area contributed by atoms with Gasteiger partial charge in [0.2, 0.25) is 11.8 Å². The van der Waals surface area contributed by atoms with Crippen LogP contribution in [0.25, 0.3) is 4.96 Å². The highest BCUT2D eigenvalue weighted by molar-refractivity contribution is 7.15. The quantitative estimate of drug-likeness (QED) is 0.898. The summed E-state index contributed by atoms with van der Waals surface area (Å²) in [6.07, 6.45) is 6.60. The predicted octanol–water partition coefficient (Wildman–Crippen LogP) is 1.07. The standard InChI is InChI=1S/C14H18N4O2S/c19-12(9-11-10-18-7-8-21-14(18)16-11)15-4-3-13(20)17-5-1-2-6-17/h7-8,10H,1-6,9H2,(H,15,19). The topological polar surface area (TPSA) is 66.7 Å². The van der Waals surface area contributed by atoms with Crippen LogP contribution in [0.2, 0.25) is 0 Å². The Balaban J connectivity index is 1.41. The fourth-order valence-corrected chi connectivity index (χ4v) is 3.24. The van der Waals surface area contributed by atoms with Crippen LogP contribution in [-0.4, -0.2) is 45.7 Å². The van der Waals surface area contributed by atoms with E-state index in [9.17, 15) is 9.59 Å². The first-order valence-electron chi connectivity index (χ1n) is 7.18. The summed E-state index contributed by atoms with van der Waals surface area (Å²) in [7, 11) is 0. The molecule has 0 unspecified atom stereocenters. The van der Waals surface area contributed by atoms with Crippen molar-refractivity contribution in [1.82, 2.24) is 19.6 Å². The molecule has 21 heavy (non-hydrogen) atoms. The summed E-state index contributed by atoms with van der Waals surface area (Å²) in [4.78, 5) is 30.8. The molecule has 3 rings (SSSR count). The van der Waals surface area contributed by atoms with Gasteiger partial charge in [0, 0.05) is 43.8 Å². The largest absolute Gasteiger partial charge is 0.355 e. The van der Waals surface area contributed by atoms with Crippen molar-refractivity contribution >= 4 is 28.1 Å². The Morgan fingerprint density at radius 1 is 1.33 bits per heavy atom. The molecule has 0 spiro atoms. The summed E-state index contributed by atoms with van der Waals surface area (Å²) < 4.78 is 1.91. The second-order valence-corrected chi connectivity index (χ2v) is 6.06.